The van der Waals surface area contributed by atoms with Gasteiger partial charge in [0.05, 0.1) is 37.2 Å². The number of benzene rings is 1. The molecule has 0 bridgehead atoms. The number of amides is 2. The average molecular weight is 508 g/mol. The van der Waals surface area contributed by atoms with Crippen molar-refractivity contribution in [3.63, 3.8) is 0 Å². The average Bonchev–Trinajstić information content (AvgIpc) is 3.07. The molecule has 2 N–H and O–H groups in total. The molecule has 8 nitrogen and oxygen atoms in total. The number of hydrogen-bond acceptors (Lipinski definition) is 6. The van der Waals surface area contributed by atoms with Gasteiger partial charge in [0.25, 0.3) is 0 Å². The third-order valence-corrected chi connectivity index (χ3v) is 12.7. The van der Waals surface area contributed by atoms with Gasteiger partial charge in [0.15, 0.2) is 8.32 Å². The summed E-state index contributed by atoms with van der Waals surface area (Å²) in [5.74, 6) is 0.306. The van der Waals surface area contributed by atoms with Crippen LogP contribution in [0.1, 0.15) is 27.7 Å². The Morgan fingerprint density at radius 1 is 1.29 bits per heavy atom. The molecule has 3 fully saturated rings. The van der Waals surface area contributed by atoms with E-state index in [0.29, 0.717) is 42.9 Å². The minimum atomic E-state index is -1.91. The van der Waals surface area contributed by atoms with Crippen molar-refractivity contribution >= 4 is 31.7 Å². The van der Waals surface area contributed by atoms with Crippen molar-refractivity contribution in [3.8, 4) is 0 Å². The van der Waals surface area contributed by atoms with Gasteiger partial charge in [-0.05, 0) is 54.1 Å². The third-order valence-electron chi connectivity index (χ3n) is 8.16. The predicted octanol–water partition coefficient (Wildman–Crippen LogP) is 3.35. The Bertz CT molecular complexity index is 972. The molecule has 3 unspecified atom stereocenters. The molecule has 2 saturated heterocycles. The number of nitrogens with one attached hydrogen (secondary N) is 1. The molecule has 194 valence electrons. The molecule has 1 saturated carbocycles. The summed E-state index contributed by atoms with van der Waals surface area (Å²) in [6.07, 6.45) is -1.50. The van der Waals surface area contributed by atoms with Crippen LogP contribution in [0.15, 0.2) is 18.2 Å². The number of fused-ring (bicyclic) bond motifs is 1. The van der Waals surface area contributed by atoms with Crippen LogP contribution in [0.5, 0.6) is 0 Å². The first-order chi connectivity index (χ1) is 16.3. The van der Waals surface area contributed by atoms with Gasteiger partial charge in [-0.3, -0.25) is 9.69 Å². The Labute approximate surface area is 207 Å². The van der Waals surface area contributed by atoms with E-state index in [1.54, 1.807) is 12.1 Å². The highest BCUT2D eigenvalue weighted by molar-refractivity contribution is 6.74. The molecule has 2 heterocycles. The van der Waals surface area contributed by atoms with Gasteiger partial charge < -0.3 is 24.5 Å². The number of piperidine rings is 1. The second-order valence-electron chi connectivity index (χ2n) is 11.6. The van der Waals surface area contributed by atoms with Gasteiger partial charge in [-0.15, -0.1) is 0 Å². The van der Waals surface area contributed by atoms with E-state index in [1.165, 1.54) is 17.9 Å². The minimum Gasteiger partial charge on any atom is -0.442 e. The Hall–Kier alpha value is -2.17. The van der Waals surface area contributed by atoms with Crippen LogP contribution in [-0.2, 0) is 14.0 Å². The van der Waals surface area contributed by atoms with Crippen LogP contribution in [0, 0.1) is 23.6 Å². The van der Waals surface area contributed by atoms with Crippen LogP contribution in [-0.4, -0.2) is 70.4 Å². The van der Waals surface area contributed by atoms with Crippen molar-refractivity contribution in [2.45, 2.75) is 58.0 Å². The van der Waals surface area contributed by atoms with E-state index in [2.05, 4.69) is 39.2 Å². The van der Waals surface area contributed by atoms with Gasteiger partial charge in [0.1, 0.15) is 11.9 Å². The number of rotatable bonds is 8. The molecular formula is C25H38FN3O5Si. The van der Waals surface area contributed by atoms with E-state index >= 15 is 4.39 Å². The lowest BCUT2D eigenvalue weighted by Crippen LogP contribution is -2.43. The first-order valence-electron chi connectivity index (χ1n) is 12.4. The predicted molar refractivity (Wildman–Crippen MR) is 135 cm³/mol. The van der Waals surface area contributed by atoms with E-state index < -0.39 is 26.6 Å². The number of carbonyl (C=O) groups is 2. The zero-order valence-corrected chi connectivity index (χ0v) is 22.5. The van der Waals surface area contributed by atoms with Crippen LogP contribution in [0.4, 0.5) is 20.6 Å². The van der Waals surface area contributed by atoms with E-state index in [9.17, 15) is 14.7 Å². The number of carbonyl (C=O) groups excluding carboxylic acids is 2. The van der Waals surface area contributed by atoms with E-state index in [0.717, 1.165) is 0 Å². The highest BCUT2D eigenvalue weighted by Gasteiger charge is 2.59. The first-order valence-corrected chi connectivity index (χ1v) is 15.3. The molecule has 1 aromatic carbocycles. The molecule has 1 aliphatic carbocycles. The maximum absolute atomic E-state index is 15.1. The number of halogens is 1. The summed E-state index contributed by atoms with van der Waals surface area (Å²) in [5.41, 5.74) is 0.941. The van der Waals surface area contributed by atoms with Crippen LogP contribution >= 0.6 is 0 Å². The van der Waals surface area contributed by atoms with Crippen LogP contribution in [0.2, 0.25) is 18.1 Å². The van der Waals surface area contributed by atoms with Crippen molar-refractivity contribution in [2.24, 2.45) is 17.8 Å². The maximum atomic E-state index is 15.1. The highest BCUT2D eigenvalue weighted by Crippen LogP contribution is 2.55. The summed E-state index contributed by atoms with van der Waals surface area (Å²) in [6, 6.07) is 4.79. The quantitative estimate of drug-likeness (QED) is 0.525. The number of hydrogen-bond donors (Lipinski definition) is 2. The van der Waals surface area contributed by atoms with Gasteiger partial charge >= 0.3 is 6.09 Å². The SMILES string of the molecule is CC(=O)NC[C@H]1CN(c2ccc(N3CC4C(C3)C4C(O)CO[Si](C)(C)C(C)(C)C)c(F)c2)C(=O)O1. The van der Waals surface area contributed by atoms with E-state index in [4.69, 9.17) is 9.16 Å². The molecule has 1 aromatic rings. The smallest absolute Gasteiger partial charge is 0.414 e. The summed E-state index contributed by atoms with van der Waals surface area (Å²) in [6.45, 7) is 14.6. The Balaban J connectivity index is 1.31. The molecule has 3 aliphatic rings. The zero-order valence-electron chi connectivity index (χ0n) is 21.5. The third kappa shape index (κ3) is 5.34. The lowest BCUT2D eigenvalue weighted by Gasteiger charge is -2.37. The molecule has 10 heteroatoms. The Morgan fingerprint density at radius 2 is 1.94 bits per heavy atom. The van der Waals surface area contributed by atoms with Crippen molar-refractivity contribution < 1.29 is 28.2 Å². The monoisotopic (exact) mass is 507 g/mol. The second-order valence-corrected chi connectivity index (χ2v) is 16.4. The topological polar surface area (TPSA) is 91.3 Å². The van der Waals surface area contributed by atoms with Gasteiger partial charge in [-0.1, -0.05) is 20.8 Å². The molecule has 2 aliphatic heterocycles. The standard InChI is InChI=1S/C25H38FN3O5Si/c1-15(30)27-10-17-11-29(24(32)34-17)16-7-8-21(20(26)9-16)28-12-18-19(13-28)23(18)22(31)14-33-35(5,6)25(2,3)4/h7-9,17-19,22-23,31H,10-14H2,1-6H3,(H,27,30)/t17-,18?,19?,22?,23?/m0/s1. The Morgan fingerprint density at radius 3 is 2.51 bits per heavy atom. The number of cyclic esters (lactones) is 1. The van der Waals surface area contributed by atoms with Gasteiger partial charge in [0.2, 0.25) is 5.91 Å². The maximum Gasteiger partial charge on any atom is 0.414 e. The van der Waals surface area contributed by atoms with Crippen molar-refractivity contribution in [1.82, 2.24) is 5.32 Å². The van der Waals surface area contributed by atoms with E-state index in [1.807, 2.05) is 4.90 Å². The number of aliphatic hydroxyl groups excluding tert-OH is 1. The highest BCUT2D eigenvalue weighted by atomic mass is 28.4. The first kappa shape index (κ1) is 25.9. The molecule has 0 spiro atoms. The second kappa shape index (κ2) is 9.37. The summed E-state index contributed by atoms with van der Waals surface area (Å²) in [5, 5.41) is 13.5. The number of anilines is 2. The minimum absolute atomic E-state index is 0.102. The lowest BCUT2D eigenvalue weighted by molar-refractivity contribution is -0.119. The molecule has 2 amide bonds. The van der Waals surface area contributed by atoms with Crippen LogP contribution < -0.4 is 15.1 Å². The van der Waals surface area contributed by atoms with Gasteiger partial charge in [-0.2, -0.15) is 0 Å². The molecular weight excluding hydrogens is 469 g/mol. The van der Waals surface area contributed by atoms with Crippen LogP contribution in [0.25, 0.3) is 0 Å². The summed E-state index contributed by atoms with van der Waals surface area (Å²) in [7, 11) is -1.91. The molecule has 4 atom stereocenters. The number of nitrogens with zero attached hydrogens (tertiary/aromatic N) is 2. The van der Waals surface area contributed by atoms with Crippen LogP contribution in [0.3, 0.4) is 0 Å². The summed E-state index contributed by atoms with van der Waals surface area (Å²) < 4.78 is 26.5. The summed E-state index contributed by atoms with van der Waals surface area (Å²) >= 11 is 0. The largest absolute Gasteiger partial charge is 0.442 e. The van der Waals surface area contributed by atoms with E-state index in [-0.39, 0.29) is 35.8 Å². The van der Waals surface area contributed by atoms with Crippen molar-refractivity contribution in [2.75, 3.05) is 42.6 Å². The number of aliphatic hydroxyl groups is 1. The lowest BCUT2D eigenvalue weighted by atomic mass is 10.1. The Kier molecular flexibility index (Phi) is 6.93. The summed E-state index contributed by atoms with van der Waals surface area (Å²) in [4.78, 5) is 26.7. The molecule has 4 rings (SSSR count). The molecule has 35 heavy (non-hydrogen) atoms. The van der Waals surface area contributed by atoms with Gasteiger partial charge in [0, 0.05) is 20.0 Å². The fraction of sp³-hybridized carbons (Fsp3) is 0.680. The fourth-order valence-electron chi connectivity index (χ4n) is 4.98. The normalized spacial score (nSPS) is 27.0. The fourth-order valence-corrected chi connectivity index (χ4v) is 6.00. The molecule has 0 radical (unpaired) electrons. The molecule has 0 aromatic heterocycles. The zero-order chi connectivity index (χ0) is 25.7. The number of ether oxygens (including phenoxy) is 1. The van der Waals surface area contributed by atoms with Crippen molar-refractivity contribution in [1.29, 1.82) is 0 Å². The van der Waals surface area contributed by atoms with Crippen molar-refractivity contribution in [3.05, 3.63) is 24.0 Å². The van der Waals surface area contributed by atoms with Gasteiger partial charge in [-0.25, -0.2) is 9.18 Å².